The summed E-state index contributed by atoms with van der Waals surface area (Å²) in [6.45, 7) is 5.08. The van der Waals surface area contributed by atoms with E-state index in [1.54, 1.807) is 11.0 Å². The first-order valence-corrected chi connectivity index (χ1v) is 3.49. The molecule has 1 aromatic heterocycles. The Morgan fingerprint density at radius 1 is 1.82 bits per heavy atom. The summed E-state index contributed by atoms with van der Waals surface area (Å²) >= 11 is 0. The zero-order chi connectivity index (χ0) is 8.10. The third-order valence-corrected chi connectivity index (χ3v) is 1.22. The molecule has 1 rings (SSSR count). The number of rotatable bonds is 4. The number of nitrogens with one attached hydrogen (secondary N) is 1. The predicted octanol–water partition coefficient (Wildman–Crippen LogP) is 0.0907. The fourth-order valence-corrected chi connectivity index (χ4v) is 0.751. The van der Waals surface area contributed by atoms with Gasteiger partial charge in [0.15, 0.2) is 5.82 Å². The first-order chi connectivity index (χ1) is 5.33. The van der Waals surface area contributed by atoms with Crippen LogP contribution in [0.3, 0.4) is 0 Å². The molecule has 0 aliphatic rings. The van der Waals surface area contributed by atoms with E-state index in [0.29, 0.717) is 6.54 Å². The molecule has 60 valence electrons. The lowest BCUT2D eigenvalue weighted by Crippen LogP contribution is -2.13. The van der Waals surface area contributed by atoms with Crippen LogP contribution in [0.1, 0.15) is 5.82 Å². The molecule has 0 bridgehead atoms. The summed E-state index contributed by atoms with van der Waals surface area (Å²) in [6, 6.07) is 0. The Balaban J connectivity index is 2.32. The molecule has 0 aromatic carbocycles. The van der Waals surface area contributed by atoms with Crippen molar-refractivity contribution < 1.29 is 0 Å². The highest BCUT2D eigenvalue weighted by Crippen LogP contribution is 1.85. The van der Waals surface area contributed by atoms with E-state index in [4.69, 9.17) is 0 Å². The van der Waals surface area contributed by atoms with E-state index in [0.717, 1.165) is 12.4 Å². The molecular weight excluding hydrogens is 140 g/mol. The van der Waals surface area contributed by atoms with Crippen LogP contribution in [0.2, 0.25) is 0 Å². The summed E-state index contributed by atoms with van der Waals surface area (Å²) in [5.41, 5.74) is 0. The summed E-state index contributed by atoms with van der Waals surface area (Å²) < 4.78 is 1.69. The Bertz CT molecular complexity index is 228. The fraction of sp³-hybridized carbons (Fsp3) is 0.429. The molecule has 4 heteroatoms. The largest absolute Gasteiger partial charge is 0.306 e. The molecule has 11 heavy (non-hydrogen) atoms. The SMILES string of the molecule is C=CCNCc1ncn(C)n1. The number of nitrogens with zero attached hydrogens (tertiary/aromatic N) is 3. The van der Waals surface area contributed by atoms with Crippen molar-refractivity contribution in [1.29, 1.82) is 0 Å². The quantitative estimate of drug-likeness (QED) is 0.491. The van der Waals surface area contributed by atoms with Crippen LogP contribution >= 0.6 is 0 Å². The number of aromatic nitrogens is 3. The average molecular weight is 152 g/mol. The van der Waals surface area contributed by atoms with E-state index < -0.39 is 0 Å². The topological polar surface area (TPSA) is 42.7 Å². The number of hydrogen-bond acceptors (Lipinski definition) is 3. The highest BCUT2D eigenvalue weighted by atomic mass is 15.3. The molecule has 0 saturated carbocycles. The molecule has 0 amide bonds. The Labute approximate surface area is 65.9 Å². The summed E-state index contributed by atoms with van der Waals surface area (Å²) in [5, 5.41) is 7.20. The lowest BCUT2D eigenvalue weighted by Gasteiger charge is -1.94. The van der Waals surface area contributed by atoms with Gasteiger partial charge in [-0.3, -0.25) is 4.68 Å². The normalized spacial score (nSPS) is 9.91. The van der Waals surface area contributed by atoms with Gasteiger partial charge in [0.1, 0.15) is 6.33 Å². The summed E-state index contributed by atoms with van der Waals surface area (Å²) in [5.74, 6) is 0.814. The minimum Gasteiger partial charge on any atom is -0.306 e. The maximum absolute atomic E-state index is 4.09. The van der Waals surface area contributed by atoms with Gasteiger partial charge in [-0.1, -0.05) is 6.08 Å². The molecule has 0 spiro atoms. The van der Waals surface area contributed by atoms with Crippen LogP contribution in [0, 0.1) is 0 Å². The molecule has 4 nitrogen and oxygen atoms in total. The predicted molar refractivity (Wildman–Crippen MR) is 42.9 cm³/mol. The third kappa shape index (κ3) is 2.51. The molecule has 0 atom stereocenters. The van der Waals surface area contributed by atoms with Gasteiger partial charge in [-0.05, 0) is 0 Å². The molecule has 1 heterocycles. The van der Waals surface area contributed by atoms with Crippen LogP contribution in [0.4, 0.5) is 0 Å². The zero-order valence-electron chi connectivity index (χ0n) is 6.62. The molecule has 0 unspecified atom stereocenters. The highest BCUT2D eigenvalue weighted by molar-refractivity contribution is 4.81. The summed E-state index contributed by atoms with van der Waals surface area (Å²) in [7, 11) is 1.85. The van der Waals surface area contributed by atoms with Crippen molar-refractivity contribution in [1.82, 2.24) is 20.1 Å². The van der Waals surface area contributed by atoms with Gasteiger partial charge in [-0.25, -0.2) is 4.98 Å². The van der Waals surface area contributed by atoms with Crippen molar-refractivity contribution in [2.24, 2.45) is 7.05 Å². The van der Waals surface area contributed by atoms with E-state index >= 15 is 0 Å². The first kappa shape index (κ1) is 7.94. The van der Waals surface area contributed by atoms with Crippen LogP contribution in [0.5, 0.6) is 0 Å². The van der Waals surface area contributed by atoms with Crippen LogP contribution in [-0.2, 0) is 13.6 Å². The summed E-state index contributed by atoms with van der Waals surface area (Å²) in [4.78, 5) is 4.04. The number of hydrogen-bond donors (Lipinski definition) is 1. The zero-order valence-corrected chi connectivity index (χ0v) is 6.62. The maximum atomic E-state index is 4.09. The van der Waals surface area contributed by atoms with Gasteiger partial charge in [0.05, 0.1) is 6.54 Å². The van der Waals surface area contributed by atoms with Gasteiger partial charge < -0.3 is 5.32 Å². The smallest absolute Gasteiger partial charge is 0.164 e. The molecular formula is C7H12N4. The average Bonchev–Trinajstić information content (AvgIpc) is 2.37. The van der Waals surface area contributed by atoms with Crippen LogP contribution in [0.25, 0.3) is 0 Å². The second-order valence-electron chi connectivity index (χ2n) is 2.25. The lowest BCUT2D eigenvalue weighted by atomic mass is 10.5. The molecule has 0 saturated heterocycles. The van der Waals surface area contributed by atoms with Crippen molar-refractivity contribution in [3.05, 3.63) is 24.8 Å². The van der Waals surface area contributed by atoms with Gasteiger partial charge in [0.2, 0.25) is 0 Å². The van der Waals surface area contributed by atoms with E-state index in [-0.39, 0.29) is 0 Å². The van der Waals surface area contributed by atoms with E-state index in [1.165, 1.54) is 0 Å². The van der Waals surface area contributed by atoms with Crippen LogP contribution < -0.4 is 5.32 Å². The van der Waals surface area contributed by atoms with Gasteiger partial charge in [0.25, 0.3) is 0 Å². The second-order valence-corrected chi connectivity index (χ2v) is 2.25. The minimum atomic E-state index is 0.701. The third-order valence-electron chi connectivity index (χ3n) is 1.22. The Hall–Kier alpha value is -1.16. The van der Waals surface area contributed by atoms with Crippen molar-refractivity contribution in [2.45, 2.75) is 6.54 Å². The maximum Gasteiger partial charge on any atom is 0.164 e. The standard InChI is InChI=1S/C7H12N4/c1-3-4-8-5-7-9-6-11(2)10-7/h3,6,8H,1,4-5H2,2H3. The van der Waals surface area contributed by atoms with Gasteiger partial charge in [-0.2, -0.15) is 5.10 Å². The van der Waals surface area contributed by atoms with Crippen molar-refractivity contribution in [3.63, 3.8) is 0 Å². The van der Waals surface area contributed by atoms with E-state index in [9.17, 15) is 0 Å². The first-order valence-electron chi connectivity index (χ1n) is 3.49. The van der Waals surface area contributed by atoms with Crippen LogP contribution in [-0.4, -0.2) is 21.3 Å². The molecule has 0 aliphatic carbocycles. The number of aryl methyl sites for hydroxylation is 1. The molecule has 0 fully saturated rings. The van der Waals surface area contributed by atoms with E-state index in [1.807, 2.05) is 13.1 Å². The van der Waals surface area contributed by atoms with Crippen molar-refractivity contribution in [2.75, 3.05) is 6.54 Å². The molecule has 1 N–H and O–H groups in total. The Morgan fingerprint density at radius 3 is 3.18 bits per heavy atom. The molecule has 0 aliphatic heterocycles. The fourth-order valence-electron chi connectivity index (χ4n) is 0.751. The lowest BCUT2D eigenvalue weighted by molar-refractivity contribution is 0.687. The second kappa shape index (κ2) is 3.88. The van der Waals surface area contributed by atoms with Crippen LogP contribution in [0.15, 0.2) is 19.0 Å². The van der Waals surface area contributed by atoms with Gasteiger partial charge in [-0.15, -0.1) is 6.58 Å². The van der Waals surface area contributed by atoms with Crippen molar-refractivity contribution >= 4 is 0 Å². The summed E-state index contributed by atoms with van der Waals surface area (Å²) in [6.07, 6.45) is 3.49. The monoisotopic (exact) mass is 152 g/mol. The molecule has 0 radical (unpaired) electrons. The molecule has 1 aromatic rings. The van der Waals surface area contributed by atoms with Crippen molar-refractivity contribution in [3.8, 4) is 0 Å². The van der Waals surface area contributed by atoms with Gasteiger partial charge in [0, 0.05) is 13.6 Å². The van der Waals surface area contributed by atoms with E-state index in [2.05, 4.69) is 22.0 Å². The highest BCUT2D eigenvalue weighted by Gasteiger charge is 1.94. The Morgan fingerprint density at radius 2 is 2.64 bits per heavy atom. The van der Waals surface area contributed by atoms with Gasteiger partial charge >= 0.3 is 0 Å². The minimum absolute atomic E-state index is 0.701. The Kier molecular flexibility index (Phi) is 2.80.